The molecule has 2 heterocycles. The molecule has 0 radical (unpaired) electrons. The van der Waals surface area contributed by atoms with Crippen LogP contribution in [-0.2, 0) is 38.3 Å². The molecule has 0 bridgehead atoms. The van der Waals surface area contributed by atoms with Gasteiger partial charge in [0.25, 0.3) is 11.8 Å². The number of alkyl halides is 6. The van der Waals surface area contributed by atoms with Crippen molar-refractivity contribution in [2.75, 3.05) is 44.4 Å². The average Bonchev–Trinajstić information content (AvgIpc) is 3.19. The Balaban J connectivity index is 0.000000238. The summed E-state index contributed by atoms with van der Waals surface area (Å²) in [6.45, 7) is 15.7. The molecule has 0 unspecified atom stereocenters. The van der Waals surface area contributed by atoms with E-state index in [-0.39, 0.29) is 39.8 Å². The first-order valence-electron chi connectivity index (χ1n) is 21.6. The third-order valence-electron chi connectivity index (χ3n) is 11.2. The molecule has 2 aliphatic heterocycles. The Morgan fingerprint density at radius 2 is 1.22 bits per heavy atom. The van der Waals surface area contributed by atoms with Crippen LogP contribution in [0.25, 0.3) is 0 Å². The maximum absolute atomic E-state index is 14.0. The fourth-order valence-corrected chi connectivity index (χ4v) is 7.96. The first-order chi connectivity index (χ1) is 29.6. The van der Waals surface area contributed by atoms with Gasteiger partial charge in [-0.2, -0.15) is 26.3 Å². The molecule has 0 atom stereocenters. The van der Waals surface area contributed by atoms with Crippen molar-refractivity contribution in [3.05, 3.63) is 116 Å². The van der Waals surface area contributed by atoms with Gasteiger partial charge in [0.05, 0.1) is 29.4 Å². The summed E-state index contributed by atoms with van der Waals surface area (Å²) in [6.07, 6.45) is -6.57. The second-order valence-corrected chi connectivity index (χ2v) is 17.3. The molecular weight excluding hydrogens is 823 g/mol. The quantitative estimate of drug-likeness (QED) is 0.109. The fraction of sp³-hybridized carbons (Fsp3) is 0.469. The van der Waals surface area contributed by atoms with E-state index in [9.17, 15) is 35.9 Å². The standard InChI is InChI=1S/C25H31F3N2O2.C24H29F3N2O2/c1-5-6-12-32-23-14-19(16(2)3)21(25(26,27)28)13-20(23)24(31)29-22-9-7-8-17-15-30(4)11-10-18(17)22;1-14(2)17-9-10-19(22(31-15(3)4)21(17)24(25,26)27)23(30)28-20-8-6-7-16-13-29(5)12-11-18(16)20/h7-9,13-14,16H,5-6,10-12,15H2,1-4H3,(H,29,31);6-10,14-15H,11-13H2,1-5H3,(H,28,30). The highest BCUT2D eigenvalue weighted by Gasteiger charge is 2.40. The number of anilines is 2. The third kappa shape index (κ3) is 12.1. The van der Waals surface area contributed by atoms with Gasteiger partial charge >= 0.3 is 12.4 Å². The number of benzene rings is 4. The first-order valence-corrected chi connectivity index (χ1v) is 21.6. The Labute approximate surface area is 367 Å². The average molecular weight is 883 g/mol. The Morgan fingerprint density at radius 3 is 1.68 bits per heavy atom. The number of fused-ring (bicyclic) bond motifs is 2. The number of amides is 2. The molecule has 0 saturated heterocycles. The lowest BCUT2D eigenvalue weighted by atomic mass is 9.93. The molecule has 0 spiro atoms. The summed E-state index contributed by atoms with van der Waals surface area (Å²) < 4.78 is 94.9. The SMILES string of the molecule is CC(C)Oc1c(C(=O)Nc2cccc3c2CCN(C)C3)ccc(C(C)C)c1C(F)(F)F.CCCCOc1cc(C(C)C)c(C(F)(F)F)cc1C(=O)Nc1cccc2c1CCN(C)C2. The predicted molar refractivity (Wildman–Crippen MR) is 236 cm³/mol. The van der Waals surface area contributed by atoms with Crippen LogP contribution in [0.15, 0.2) is 60.7 Å². The van der Waals surface area contributed by atoms with E-state index in [1.165, 1.54) is 18.2 Å². The maximum Gasteiger partial charge on any atom is 0.420 e. The van der Waals surface area contributed by atoms with Gasteiger partial charge in [0.15, 0.2) is 0 Å². The Bertz CT molecular complexity index is 2250. The molecule has 2 amide bonds. The Hall–Kier alpha value is -5.08. The monoisotopic (exact) mass is 882 g/mol. The molecule has 0 aliphatic carbocycles. The summed E-state index contributed by atoms with van der Waals surface area (Å²) in [5, 5.41) is 5.69. The van der Waals surface area contributed by atoms with Crippen molar-refractivity contribution in [3.8, 4) is 11.5 Å². The molecule has 14 heteroatoms. The second kappa shape index (κ2) is 20.6. The molecule has 0 aromatic heterocycles. The molecule has 0 fully saturated rings. The zero-order valence-electron chi connectivity index (χ0n) is 37.7. The lowest BCUT2D eigenvalue weighted by molar-refractivity contribution is -0.140. The minimum Gasteiger partial charge on any atom is -0.493 e. The van der Waals surface area contributed by atoms with Crippen molar-refractivity contribution >= 4 is 23.2 Å². The van der Waals surface area contributed by atoms with Gasteiger partial charge in [0.1, 0.15) is 17.1 Å². The zero-order valence-corrected chi connectivity index (χ0v) is 37.7. The molecule has 6 rings (SSSR count). The van der Waals surface area contributed by atoms with Crippen LogP contribution >= 0.6 is 0 Å². The Kier molecular flexibility index (Phi) is 16.0. The Morgan fingerprint density at radius 1 is 0.698 bits per heavy atom. The predicted octanol–water partition coefficient (Wildman–Crippen LogP) is 12.1. The van der Waals surface area contributed by atoms with Crippen molar-refractivity contribution in [1.29, 1.82) is 0 Å². The number of nitrogens with one attached hydrogen (secondary N) is 2. The summed E-state index contributed by atoms with van der Waals surface area (Å²) in [5.41, 5.74) is 3.91. The van der Waals surface area contributed by atoms with Crippen LogP contribution in [0.1, 0.15) is 138 Å². The van der Waals surface area contributed by atoms with E-state index in [4.69, 9.17) is 9.47 Å². The largest absolute Gasteiger partial charge is 0.493 e. The molecular formula is C49H60F6N4O4. The van der Waals surface area contributed by atoms with Crippen molar-refractivity contribution in [2.24, 2.45) is 0 Å². The number of hydrogen-bond acceptors (Lipinski definition) is 6. The fourth-order valence-electron chi connectivity index (χ4n) is 7.96. The van der Waals surface area contributed by atoms with E-state index >= 15 is 0 Å². The number of halogens is 6. The van der Waals surface area contributed by atoms with Gasteiger partial charge in [-0.15, -0.1) is 0 Å². The number of hydrogen-bond donors (Lipinski definition) is 2. The normalized spacial score (nSPS) is 14.5. The molecule has 0 saturated carbocycles. The van der Waals surface area contributed by atoms with Gasteiger partial charge < -0.3 is 29.9 Å². The molecule has 342 valence electrons. The molecule has 8 nitrogen and oxygen atoms in total. The summed E-state index contributed by atoms with van der Waals surface area (Å²) in [7, 11) is 4.06. The number of nitrogens with zero attached hydrogens (tertiary/aromatic N) is 2. The van der Waals surface area contributed by atoms with Crippen LogP contribution in [-0.4, -0.2) is 61.5 Å². The van der Waals surface area contributed by atoms with E-state index in [2.05, 4.69) is 20.4 Å². The smallest absolute Gasteiger partial charge is 0.420 e. The zero-order chi connectivity index (χ0) is 46.4. The highest BCUT2D eigenvalue weighted by Crippen LogP contribution is 2.44. The van der Waals surface area contributed by atoms with Crippen molar-refractivity contribution in [3.63, 3.8) is 0 Å². The van der Waals surface area contributed by atoms with Gasteiger partial charge in [-0.05, 0) is 123 Å². The van der Waals surface area contributed by atoms with E-state index < -0.39 is 47.1 Å². The molecule has 63 heavy (non-hydrogen) atoms. The van der Waals surface area contributed by atoms with E-state index in [1.807, 2.05) is 45.3 Å². The number of ether oxygens (including phenoxy) is 2. The second-order valence-electron chi connectivity index (χ2n) is 17.3. The lowest BCUT2D eigenvalue weighted by Gasteiger charge is -2.27. The van der Waals surface area contributed by atoms with Crippen molar-refractivity contribution < 1.29 is 45.4 Å². The highest BCUT2D eigenvalue weighted by molar-refractivity contribution is 6.08. The van der Waals surface area contributed by atoms with Gasteiger partial charge in [0.2, 0.25) is 0 Å². The third-order valence-corrected chi connectivity index (χ3v) is 11.2. The summed E-state index contributed by atoms with van der Waals surface area (Å²) in [6, 6.07) is 16.4. The van der Waals surface area contributed by atoms with E-state index in [0.29, 0.717) is 18.0 Å². The molecule has 2 aliphatic rings. The topological polar surface area (TPSA) is 83.1 Å². The van der Waals surface area contributed by atoms with E-state index in [0.717, 1.165) is 80.2 Å². The summed E-state index contributed by atoms with van der Waals surface area (Å²) in [4.78, 5) is 30.7. The van der Waals surface area contributed by atoms with Gasteiger partial charge in [0, 0.05) is 37.6 Å². The number of unbranched alkanes of at least 4 members (excludes halogenated alkanes) is 1. The number of carbonyl (C=O) groups excluding carboxylic acids is 2. The van der Waals surface area contributed by atoms with Crippen LogP contribution < -0.4 is 20.1 Å². The molecule has 4 aromatic rings. The van der Waals surface area contributed by atoms with Gasteiger partial charge in [-0.1, -0.05) is 71.4 Å². The van der Waals surface area contributed by atoms with Crippen LogP contribution in [0.3, 0.4) is 0 Å². The van der Waals surface area contributed by atoms with Crippen molar-refractivity contribution in [2.45, 2.75) is 118 Å². The number of likely N-dealkylation sites (N-methyl/N-ethyl adjacent to an activating group) is 2. The summed E-state index contributed by atoms with van der Waals surface area (Å²) >= 11 is 0. The van der Waals surface area contributed by atoms with Crippen LogP contribution in [0, 0.1) is 0 Å². The number of carbonyl (C=O) groups is 2. The highest BCUT2D eigenvalue weighted by atomic mass is 19.4. The number of rotatable bonds is 12. The van der Waals surface area contributed by atoms with E-state index in [1.54, 1.807) is 53.7 Å². The lowest BCUT2D eigenvalue weighted by Crippen LogP contribution is -2.28. The van der Waals surface area contributed by atoms with Crippen LogP contribution in [0.5, 0.6) is 11.5 Å². The van der Waals surface area contributed by atoms with Gasteiger partial charge in [-0.3, -0.25) is 9.59 Å². The van der Waals surface area contributed by atoms with Crippen LogP contribution in [0.2, 0.25) is 0 Å². The van der Waals surface area contributed by atoms with Crippen LogP contribution in [0.4, 0.5) is 37.7 Å². The molecule has 4 aromatic carbocycles. The summed E-state index contributed by atoms with van der Waals surface area (Å²) in [5.74, 6) is -2.15. The van der Waals surface area contributed by atoms with Gasteiger partial charge in [-0.25, -0.2) is 0 Å². The minimum atomic E-state index is -4.64. The molecule has 2 N–H and O–H groups in total. The first kappa shape index (κ1) is 48.9. The maximum atomic E-state index is 14.0. The van der Waals surface area contributed by atoms with Crippen molar-refractivity contribution in [1.82, 2.24) is 9.80 Å². The minimum absolute atomic E-state index is 0.0941.